The fourth-order valence-corrected chi connectivity index (χ4v) is 2.29. The molecule has 1 atom stereocenters. The van der Waals surface area contributed by atoms with Gasteiger partial charge in [0.15, 0.2) is 0 Å². The largest absolute Gasteiger partial charge is 0.416 e. The second-order valence-corrected chi connectivity index (χ2v) is 4.85. The summed E-state index contributed by atoms with van der Waals surface area (Å²) in [5.74, 6) is 0. The number of aromatic amines is 1. The first-order valence-electron chi connectivity index (χ1n) is 6.37. The summed E-state index contributed by atoms with van der Waals surface area (Å²) >= 11 is 0. The minimum atomic E-state index is -4.37. The van der Waals surface area contributed by atoms with Crippen molar-refractivity contribution in [1.82, 2.24) is 4.98 Å². The maximum atomic E-state index is 12.5. The van der Waals surface area contributed by atoms with Gasteiger partial charge in [0, 0.05) is 11.7 Å². The third-order valence-corrected chi connectivity index (χ3v) is 3.45. The van der Waals surface area contributed by atoms with Crippen molar-refractivity contribution in [2.24, 2.45) is 0 Å². The monoisotopic (exact) mass is 291 g/mol. The van der Waals surface area contributed by atoms with Gasteiger partial charge in [-0.05, 0) is 46.8 Å². The number of nitrogens with one attached hydrogen (secondary N) is 1. The Morgan fingerprint density at radius 1 is 0.905 bits per heavy atom. The molecular weight excluding hydrogens is 279 g/mol. The molecule has 3 rings (SSSR count). The lowest BCUT2D eigenvalue weighted by Crippen LogP contribution is -2.06. The minimum absolute atomic E-state index is 0.429. The van der Waals surface area contributed by atoms with Gasteiger partial charge in [-0.15, -0.1) is 0 Å². The molecule has 3 aromatic rings. The van der Waals surface area contributed by atoms with E-state index in [-0.39, 0.29) is 0 Å². The number of aliphatic hydroxyl groups excluding tert-OH is 1. The summed E-state index contributed by atoms with van der Waals surface area (Å²) in [6, 6.07) is 11.8. The first kappa shape index (κ1) is 13.7. The van der Waals surface area contributed by atoms with Gasteiger partial charge in [0.25, 0.3) is 0 Å². The second-order valence-electron chi connectivity index (χ2n) is 4.85. The fourth-order valence-electron chi connectivity index (χ4n) is 2.29. The van der Waals surface area contributed by atoms with E-state index in [4.69, 9.17) is 0 Å². The van der Waals surface area contributed by atoms with E-state index in [1.807, 2.05) is 18.2 Å². The Morgan fingerprint density at radius 2 is 1.57 bits per heavy atom. The molecule has 0 aliphatic carbocycles. The highest BCUT2D eigenvalue weighted by molar-refractivity contribution is 5.80. The van der Waals surface area contributed by atoms with Crippen LogP contribution in [-0.2, 0) is 6.18 Å². The lowest BCUT2D eigenvalue weighted by atomic mass is 9.99. The summed E-state index contributed by atoms with van der Waals surface area (Å²) in [6.07, 6.45) is -3.53. The van der Waals surface area contributed by atoms with Crippen LogP contribution < -0.4 is 0 Å². The molecule has 1 heterocycles. The number of halogens is 3. The Morgan fingerprint density at radius 3 is 2.24 bits per heavy atom. The molecule has 5 heteroatoms. The molecule has 1 unspecified atom stereocenters. The van der Waals surface area contributed by atoms with Crippen LogP contribution in [0.2, 0.25) is 0 Å². The van der Waals surface area contributed by atoms with E-state index in [2.05, 4.69) is 4.98 Å². The van der Waals surface area contributed by atoms with Crippen molar-refractivity contribution in [2.45, 2.75) is 12.3 Å². The van der Waals surface area contributed by atoms with Crippen molar-refractivity contribution in [1.29, 1.82) is 0 Å². The van der Waals surface area contributed by atoms with Crippen LogP contribution >= 0.6 is 0 Å². The third-order valence-electron chi connectivity index (χ3n) is 3.45. The molecule has 0 bridgehead atoms. The number of fused-ring (bicyclic) bond motifs is 1. The number of rotatable bonds is 2. The topological polar surface area (TPSA) is 36.0 Å². The van der Waals surface area contributed by atoms with Gasteiger partial charge in [-0.25, -0.2) is 0 Å². The quantitative estimate of drug-likeness (QED) is 0.727. The van der Waals surface area contributed by atoms with Crippen molar-refractivity contribution < 1.29 is 18.3 Å². The molecule has 0 radical (unpaired) electrons. The molecule has 0 aliphatic rings. The molecule has 0 spiro atoms. The minimum Gasteiger partial charge on any atom is -0.384 e. The van der Waals surface area contributed by atoms with Crippen LogP contribution in [-0.4, -0.2) is 10.1 Å². The number of aromatic nitrogens is 1. The number of alkyl halides is 3. The number of hydrogen-bond donors (Lipinski definition) is 2. The van der Waals surface area contributed by atoms with E-state index < -0.39 is 17.8 Å². The van der Waals surface area contributed by atoms with Gasteiger partial charge < -0.3 is 10.1 Å². The van der Waals surface area contributed by atoms with Gasteiger partial charge in [-0.1, -0.05) is 18.2 Å². The summed E-state index contributed by atoms with van der Waals surface area (Å²) in [4.78, 5) is 3.04. The smallest absolute Gasteiger partial charge is 0.384 e. The zero-order chi connectivity index (χ0) is 15.0. The van der Waals surface area contributed by atoms with Gasteiger partial charge in [0.2, 0.25) is 0 Å². The zero-order valence-electron chi connectivity index (χ0n) is 10.9. The number of benzene rings is 2. The first-order valence-corrected chi connectivity index (χ1v) is 6.37. The molecule has 0 saturated carbocycles. The Labute approximate surface area is 118 Å². The summed E-state index contributed by atoms with van der Waals surface area (Å²) < 4.78 is 37.5. The summed E-state index contributed by atoms with van der Waals surface area (Å²) in [5, 5.41) is 11.2. The molecule has 1 aromatic heterocycles. The highest BCUT2D eigenvalue weighted by Gasteiger charge is 2.30. The SMILES string of the molecule is OC(c1ccc(C(F)(F)F)cc1)c1ccc2[nH]ccc2c1. The predicted molar refractivity (Wildman–Crippen MR) is 73.8 cm³/mol. The van der Waals surface area contributed by atoms with Gasteiger partial charge in [0.05, 0.1) is 5.56 Å². The molecule has 21 heavy (non-hydrogen) atoms. The van der Waals surface area contributed by atoms with Crippen molar-refractivity contribution >= 4 is 10.9 Å². The first-order chi connectivity index (χ1) is 9.95. The Bertz CT molecular complexity index is 759. The molecule has 0 amide bonds. The number of aliphatic hydroxyl groups is 1. The summed E-state index contributed by atoms with van der Waals surface area (Å²) in [5.41, 5.74) is 1.29. The maximum Gasteiger partial charge on any atom is 0.416 e. The Balaban J connectivity index is 1.92. The molecule has 108 valence electrons. The van der Waals surface area contributed by atoms with Crippen LogP contribution in [0.4, 0.5) is 13.2 Å². The van der Waals surface area contributed by atoms with E-state index in [0.717, 1.165) is 23.0 Å². The van der Waals surface area contributed by atoms with E-state index in [1.54, 1.807) is 12.3 Å². The number of hydrogen-bond acceptors (Lipinski definition) is 1. The number of H-pyrrole nitrogens is 1. The van der Waals surface area contributed by atoms with E-state index >= 15 is 0 Å². The van der Waals surface area contributed by atoms with Crippen LogP contribution in [0, 0.1) is 0 Å². The highest BCUT2D eigenvalue weighted by Crippen LogP contribution is 2.31. The molecular formula is C16H12F3NO. The van der Waals surface area contributed by atoms with Crippen molar-refractivity contribution in [3.8, 4) is 0 Å². The third kappa shape index (κ3) is 2.64. The molecule has 2 N–H and O–H groups in total. The van der Waals surface area contributed by atoms with Gasteiger partial charge in [0.1, 0.15) is 6.10 Å². The average Bonchev–Trinajstić information content (AvgIpc) is 2.93. The molecule has 0 aliphatic heterocycles. The van der Waals surface area contributed by atoms with Crippen LogP contribution in [0.15, 0.2) is 54.7 Å². The lowest BCUT2D eigenvalue weighted by Gasteiger charge is -2.13. The van der Waals surface area contributed by atoms with Gasteiger partial charge in [-0.3, -0.25) is 0 Å². The van der Waals surface area contributed by atoms with Crippen molar-refractivity contribution in [3.05, 3.63) is 71.4 Å². The van der Waals surface area contributed by atoms with Crippen LogP contribution in [0.25, 0.3) is 10.9 Å². The van der Waals surface area contributed by atoms with Gasteiger partial charge in [-0.2, -0.15) is 13.2 Å². The lowest BCUT2D eigenvalue weighted by molar-refractivity contribution is -0.137. The Hall–Kier alpha value is -2.27. The summed E-state index contributed by atoms with van der Waals surface area (Å²) in [6.45, 7) is 0. The average molecular weight is 291 g/mol. The van der Waals surface area contributed by atoms with Crippen LogP contribution in [0.5, 0.6) is 0 Å². The predicted octanol–water partition coefficient (Wildman–Crippen LogP) is 4.27. The standard InChI is InChI=1S/C16H12F3NO/c17-16(18,19)13-4-1-10(2-5-13)15(21)12-3-6-14-11(9-12)7-8-20-14/h1-9,15,20-21H. The highest BCUT2D eigenvalue weighted by atomic mass is 19.4. The molecule has 0 saturated heterocycles. The fraction of sp³-hybridized carbons (Fsp3) is 0.125. The second kappa shape index (κ2) is 4.93. The van der Waals surface area contributed by atoms with Crippen molar-refractivity contribution in [2.75, 3.05) is 0 Å². The van der Waals surface area contributed by atoms with Gasteiger partial charge >= 0.3 is 6.18 Å². The van der Waals surface area contributed by atoms with Crippen LogP contribution in [0.1, 0.15) is 22.8 Å². The van der Waals surface area contributed by atoms with Crippen LogP contribution in [0.3, 0.4) is 0 Å². The normalized spacial score (nSPS) is 13.5. The molecule has 2 nitrogen and oxygen atoms in total. The van der Waals surface area contributed by atoms with E-state index in [9.17, 15) is 18.3 Å². The summed E-state index contributed by atoms with van der Waals surface area (Å²) in [7, 11) is 0. The van der Waals surface area contributed by atoms with E-state index in [0.29, 0.717) is 11.1 Å². The van der Waals surface area contributed by atoms with E-state index in [1.165, 1.54) is 12.1 Å². The molecule has 2 aromatic carbocycles. The molecule has 0 fully saturated rings. The zero-order valence-corrected chi connectivity index (χ0v) is 10.9. The Kier molecular flexibility index (Phi) is 3.22. The van der Waals surface area contributed by atoms with Crippen molar-refractivity contribution in [3.63, 3.8) is 0 Å². The maximum absolute atomic E-state index is 12.5.